The first-order chi connectivity index (χ1) is 10.7. The molecule has 4 nitrogen and oxygen atoms in total. The van der Waals surface area contributed by atoms with Crippen LogP contribution in [-0.2, 0) is 11.3 Å². The standard InChI is InChI=1S/C18H21N3O/c1-20(18(22)13-15-7-2-3-8-15)14-16-9-4-5-10-17(16)21-12-6-11-19-21/h2,4-7,9-12,15H,3,8,13-14H2,1H3/t15-/m1/s1. The minimum absolute atomic E-state index is 0.201. The average molecular weight is 295 g/mol. The van der Waals surface area contributed by atoms with Crippen LogP contribution in [0.3, 0.4) is 0 Å². The number of hydrogen-bond donors (Lipinski definition) is 0. The summed E-state index contributed by atoms with van der Waals surface area (Å²) in [7, 11) is 1.88. The van der Waals surface area contributed by atoms with Gasteiger partial charge in [0.2, 0.25) is 5.91 Å². The molecule has 1 heterocycles. The number of benzene rings is 1. The lowest BCUT2D eigenvalue weighted by Gasteiger charge is -2.20. The Morgan fingerprint density at radius 1 is 1.36 bits per heavy atom. The van der Waals surface area contributed by atoms with Crippen molar-refractivity contribution >= 4 is 5.91 Å². The van der Waals surface area contributed by atoms with Crippen molar-refractivity contribution in [2.24, 2.45) is 5.92 Å². The van der Waals surface area contributed by atoms with E-state index in [1.165, 1.54) is 0 Å². The van der Waals surface area contributed by atoms with Crippen LogP contribution < -0.4 is 0 Å². The van der Waals surface area contributed by atoms with Gasteiger partial charge in [0, 0.05) is 32.4 Å². The van der Waals surface area contributed by atoms with Gasteiger partial charge in [0.25, 0.3) is 0 Å². The molecule has 3 rings (SSSR count). The van der Waals surface area contributed by atoms with Gasteiger partial charge >= 0.3 is 0 Å². The van der Waals surface area contributed by atoms with E-state index in [2.05, 4.69) is 23.3 Å². The Balaban J connectivity index is 1.70. The van der Waals surface area contributed by atoms with E-state index in [4.69, 9.17) is 0 Å². The molecule has 0 spiro atoms. The van der Waals surface area contributed by atoms with Gasteiger partial charge in [-0.1, -0.05) is 30.4 Å². The van der Waals surface area contributed by atoms with Gasteiger partial charge in [-0.25, -0.2) is 4.68 Å². The Bertz CT molecular complexity index is 661. The summed E-state index contributed by atoms with van der Waals surface area (Å²) in [4.78, 5) is 14.2. The number of aromatic nitrogens is 2. The molecule has 0 fully saturated rings. The van der Waals surface area contributed by atoms with Crippen LogP contribution in [0.15, 0.2) is 54.9 Å². The Morgan fingerprint density at radius 2 is 2.23 bits per heavy atom. The predicted octanol–water partition coefficient (Wildman–Crippen LogP) is 3.19. The topological polar surface area (TPSA) is 38.1 Å². The van der Waals surface area contributed by atoms with Gasteiger partial charge in [-0.05, 0) is 36.5 Å². The molecule has 1 aliphatic rings. The lowest BCUT2D eigenvalue weighted by Crippen LogP contribution is -2.28. The molecular weight excluding hydrogens is 274 g/mol. The number of para-hydroxylation sites is 1. The van der Waals surface area contributed by atoms with E-state index >= 15 is 0 Å². The van der Waals surface area contributed by atoms with E-state index in [1.54, 1.807) is 6.20 Å². The lowest BCUT2D eigenvalue weighted by molar-refractivity contribution is -0.131. The summed E-state index contributed by atoms with van der Waals surface area (Å²) >= 11 is 0. The van der Waals surface area contributed by atoms with Gasteiger partial charge < -0.3 is 4.90 Å². The zero-order chi connectivity index (χ0) is 15.4. The fraction of sp³-hybridized carbons (Fsp3) is 0.333. The summed E-state index contributed by atoms with van der Waals surface area (Å²) in [6.45, 7) is 0.602. The number of allylic oxidation sites excluding steroid dienone is 2. The molecule has 0 radical (unpaired) electrons. The number of hydrogen-bond acceptors (Lipinski definition) is 2. The smallest absolute Gasteiger partial charge is 0.223 e. The number of carbonyl (C=O) groups excluding carboxylic acids is 1. The van der Waals surface area contributed by atoms with E-state index in [-0.39, 0.29) is 5.91 Å². The minimum Gasteiger partial charge on any atom is -0.341 e. The van der Waals surface area contributed by atoms with E-state index in [0.717, 1.165) is 24.1 Å². The van der Waals surface area contributed by atoms with Crippen LogP contribution >= 0.6 is 0 Å². The Morgan fingerprint density at radius 3 is 2.95 bits per heavy atom. The van der Waals surface area contributed by atoms with E-state index in [0.29, 0.717) is 18.9 Å². The van der Waals surface area contributed by atoms with Crippen LogP contribution in [0, 0.1) is 5.92 Å². The van der Waals surface area contributed by atoms with Gasteiger partial charge in [-0.3, -0.25) is 4.79 Å². The molecule has 0 aliphatic heterocycles. The van der Waals surface area contributed by atoms with Crippen LogP contribution in [0.4, 0.5) is 0 Å². The molecule has 1 atom stereocenters. The first-order valence-corrected chi connectivity index (χ1v) is 7.72. The summed E-state index contributed by atoms with van der Waals surface area (Å²) in [5.41, 5.74) is 2.12. The number of nitrogens with zero attached hydrogens (tertiary/aromatic N) is 3. The second kappa shape index (κ2) is 6.60. The molecule has 0 unspecified atom stereocenters. The predicted molar refractivity (Wildman–Crippen MR) is 86.5 cm³/mol. The molecule has 22 heavy (non-hydrogen) atoms. The maximum absolute atomic E-state index is 12.4. The summed E-state index contributed by atoms with van der Waals surface area (Å²) in [6, 6.07) is 9.97. The van der Waals surface area contributed by atoms with Crippen molar-refractivity contribution in [3.8, 4) is 5.69 Å². The third-order valence-electron chi connectivity index (χ3n) is 4.13. The van der Waals surface area contributed by atoms with Crippen LogP contribution in [0.5, 0.6) is 0 Å². The highest BCUT2D eigenvalue weighted by Crippen LogP contribution is 2.22. The minimum atomic E-state index is 0.201. The molecule has 1 aromatic carbocycles. The number of carbonyl (C=O) groups is 1. The molecule has 1 aliphatic carbocycles. The Hall–Kier alpha value is -2.36. The first-order valence-electron chi connectivity index (χ1n) is 7.72. The van der Waals surface area contributed by atoms with Gasteiger partial charge in [-0.15, -0.1) is 0 Å². The van der Waals surface area contributed by atoms with Crippen molar-refractivity contribution in [2.45, 2.75) is 25.8 Å². The molecule has 0 saturated carbocycles. The van der Waals surface area contributed by atoms with Gasteiger partial charge in [0.15, 0.2) is 0 Å². The van der Waals surface area contributed by atoms with Crippen molar-refractivity contribution in [3.05, 3.63) is 60.4 Å². The molecule has 0 bridgehead atoms. The summed E-state index contributed by atoms with van der Waals surface area (Å²) < 4.78 is 1.84. The molecule has 1 amide bonds. The lowest BCUT2D eigenvalue weighted by atomic mass is 10.0. The van der Waals surface area contributed by atoms with Crippen LogP contribution in [-0.4, -0.2) is 27.6 Å². The van der Waals surface area contributed by atoms with Gasteiger partial charge in [0.05, 0.1) is 5.69 Å². The average Bonchev–Trinajstić information content (AvgIpc) is 3.21. The highest BCUT2D eigenvalue weighted by atomic mass is 16.2. The SMILES string of the molecule is CN(Cc1ccccc1-n1cccn1)C(=O)C[C@@H]1C=CCC1. The molecular formula is C18H21N3O. The zero-order valence-electron chi connectivity index (χ0n) is 12.9. The van der Waals surface area contributed by atoms with Crippen molar-refractivity contribution in [1.29, 1.82) is 0 Å². The third kappa shape index (κ3) is 3.27. The maximum Gasteiger partial charge on any atom is 0.223 e. The second-order valence-corrected chi connectivity index (χ2v) is 5.80. The van der Waals surface area contributed by atoms with Crippen molar-refractivity contribution in [2.75, 3.05) is 7.05 Å². The maximum atomic E-state index is 12.4. The van der Waals surface area contributed by atoms with Crippen LogP contribution in [0.25, 0.3) is 5.69 Å². The monoisotopic (exact) mass is 295 g/mol. The molecule has 0 saturated heterocycles. The highest BCUT2D eigenvalue weighted by molar-refractivity contribution is 5.76. The molecule has 0 N–H and O–H groups in total. The van der Waals surface area contributed by atoms with E-state index < -0.39 is 0 Å². The second-order valence-electron chi connectivity index (χ2n) is 5.80. The quantitative estimate of drug-likeness (QED) is 0.795. The van der Waals surface area contributed by atoms with Crippen LogP contribution in [0.2, 0.25) is 0 Å². The number of rotatable bonds is 5. The first kappa shape index (κ1) is 14.6. The van der Waals surface area contributed by atoms with Crippen molar-refractivity contribution in [3.63, 3.8) is 0 Å². The summed E-state index contributed by atoms with van der Waals surface area (Å²) in [5, 5.41) is 4.29. The zero-order valence-corrected chi connectivity index (χ0v) is 12.9. The summed E-state index contributed by atoms with van der Waals surface area (Å²) in [6.07, 6.45) is 10.8. The van der Waals surface area contributed by atoms with Gasteiger partial charge in [-0.2, -0.15) is 5.10 Å². The Labute approximate surface area is 131 Å². The van der Waals surface area contributed by atoms with Crippen LogP contribution in [0.1, 0.15) is 24.8 Å². The molecule has 1 aromatic heterocycles. The Kier molecular flexibility index (Phi) is 4.37. The van der Waals surface area contributed by atoms with Gasteiger partial charge in [0.1, 0.15) is 0 Å². The third-order valence-corrected chi connectivity index (χ3v) is 4.13. The van der Waals surface area contributed by atoms with Crippen molar-refractivity contribution < 1.29 is 4.79 Å². The van der Waals surface area contributed by atoms with E-state index in [9.17, 15) is 4.79 Å². The molecule has 114 valence electrons. The fourth-order valence-electron chi connectivity index (χ4n) is 2.87. The number of amides is 1. The van der Waals surface area contributed by atoms with Crippen molar-refractivity contribution in [1.82, 2.24) is 14.7 Å². The highest BCUT2D eigenvalue weighted by Gasteiger charge is 2.18. The largest absolute Gasteiger partial charge is 0.341 e. The van der Waals surface area contributed by atoms with E-state index in [1.807, 2.05) is 47.1 Å². The summed E-state index contributed by atoms with van der Waals surface area (Å²) in [5.74, 6) is 0.614. The molecule has 4 heteroatoms. The fourth-order valence-corrected chi connectivity index (χ4v) is 2.87. The molecule has 2 aromatic rings. The normalized spacial score (nSPS) is 16.9.